The van der Waals surface area contributed by atoms with Gasteiger partial charge in [-0.1, -0.05) is 13.3 Å². The van der Waals surface area contributed by atoms with E-state index < -0.39 is 0 Å². The van der Waals surface area contributed by atoms with E-state index in [0.717, 1.165) is 38.6 Å². The Morgan fingerprint density at radius 1 is 1.29 bits per heavy atom. The van der Waals surface area contributed by atoms with Crippen LogP contribution in [0.1, 0.15) is 45.4 Å². The summed E-state index contributed by atoms with van der Waals surface area (Å²) in [6.45, 7) is 8.67. The van der Waals surface area contributed by atoms with Crippen molar-refractivity contribution in [2.45, 2.75) is 56.2 Å². The van der Waals surface area contributed by atoms with Gasteiger partial charge in [-0.15, -0.1) is 0 Å². The third-order valence-corrected chi connectivity index (χ3v) is 6.81. The number of unbranched alkanes of at least 4 members (excludes halogenated alkanes) is 1. The lowest BCUT2D eigenvalue weighted by Crippen LogP contribution is -2.52. The van der Waals surface area contributed by atoms with Crippen LogP contribution in [0.2, 0.25) is 0 Å². The Bertz CT molecular complexity index is 377. The smallest absolute Gasteiger partial charge is 0.191 e. The lowest BCUT2D eigenvalue weighted by Gasteiger charge is -2.37. The molecule has 2 fully saturated rings. The Morgan fingerprint density at radius 3 is 2.58 bits per heavy atom. The van der Waals surface area contributed by atoms with Crippen molar-refractivity contribution in [1.29, 1.82) is 0 Å². The predicted molar refractivity (Wildman–Crippen MR) is 105 cm³/mol. The molecule has 0 amide bonds. The highest BCUT2D eigenvalue weighted by Crippen LogP contribution is 2.32. The number of thioether (sulfide) groups is 1. The zero-order valence-corrected chi connectivity index (χ0v) is 16.6. The van der Waals surface area contributed by atoms with Crippen LogP contribution in [-0.4, -0.2) is 74.3 Å². The standard InChI is InChI=1S/C18H36N4OS/c1-4-5-10-22-11-6-16(7-12-22)21-17(19-2)20-15-18(24-3)8-13-23-14-9-18/h16H,4-15H2,1-3H3,(H2,19,20,21). The predicted octanol–water partition coefficient (Wildman–Crippen LogP) is 2.33. The van der Waals surface area contributed by atoms with Gasteiger partial charge in [0.15, 0.2) is 5.96 Å². The fourth-order valence-corrected chi connectivity index (χ4v) is 4.30. The Hall–Kier alpha value is -0.460. The normalized spacial score (nSPS) is 23.2. The lowest BCUT2D eigenvalue weighted by molar-refractivity contribution is 0.0782. The molecular formula is C18H36N4OS. The lowest BCUT2D eigenvalue weighted by atomic mass is 9.99. The first-order valence-electron chi connectivity index (χ1n) is 9.54. The topological polar surface area (TPSA) is 48.9 Å². The van der Waals surface area contributed by atoms with Crippen molar-refractivity contribution < 1.29 is 4.74 Å². The Balaban J connectivity index is 1.73. The van der Waals surface area contributed by atoms with Gasteiger partial charge in [-0.05, 0) is 44.9 Å². The molecule has 0 unspecified atom stereocenters. The highest BCUT2D eigenvalue weighted by molar-refractivity contribution is 8.00. The third kappa shape index (κ3) is 6.12. The Labute approximate surface area is 152 Å². The number of aliphatic imine (C=N–C) groups is 1. The van der Waals surface area contributed by atoms with Crippen LogP contribution in [0.25, 0.3) is 0 Å². The minimum Gasteiger partial charge on any atom is -0.381 e. The van der Waals surface area contributed by atoms with E-state index in [9.17, 15) is 0 Å². The maximum Gasteiger partial charge on any atom is 0.191 e. The largest absolute Gasteiger partial charge is 0.381 e. The average Bonchev–Trinajstić information content (AvgIpc) is 2.65. The summed E-state index contributed by atoms with van der Waals surface area (Å²) in [4.78, 5) is 7.04. The van der Waals surface area contributed by atoms with E-state index in [1.54, 1.807) is 0 Å². The fourth-order valence-electron chi connectivity index (χ4n) is 3.51. The van der Waals surface area contributed by atoms with E-state index in [1.807, 2.05) is 18.8 Å². The molecule has 2 heterocycles. The molecule has 2 N–H and O–H groups in total. The molecule has 2 aliphatic rings. The molecule has 0 aromatic carbocycles. The van der Waals surface area contributed by atoms with Crippen molar-refractivity contribution in [2.75, 3.05) is 52.7 Å². The van der Waals surface area contributed by atoms with Gasteiger partial charge in [0, 0.05) is 50.7 Å². The van der Waals surface area contributed by atoms with Crippen LogP contribution in [0.4, 0.5) is 0 Å². The summed E-state index contributed by atoms with van der Waals surface area (Å²) in [6.07, 6.45) is 9.49. The van der Waals surface area contributed by atoms with E-state index in [0.29, 0.717) is 10.8 Å². The summed E-state index contributed by atoms with van der Waals surface area (Å²) in [6, 6.07) is 0.550. The third-order valence-electron chi connectivity index (χ3n) is 5.39. The van der Waals surface area contributed by atoms with Gasteiger partial charge in [-0.3, -0.25) is 4.99 Å². The molecular weight excluding hydrogens is 320 g/mol. The molecule has 5 nitrogen and oxygen atoms in total. The number of likely N-dealkylation sites (tertiary alicyclic amines) is 1. The van der Waals surface area contributed by atoms with Crippen LogP contribution in [0.5, 0.6) is 0 Å². The van der Waals surface area contributed by atoms with E-state index >= 15 is 0 Å². The second-order valence-corrected chi connectivity index (χ2v) is 8.31. The highest BCUT2D eigenvalue weighted by atomic mass is 32.2. The van der Waals surface area contributed by atoms with Crippen molar-refractivity contribution in [3.05, 3.63) is 0 Å². The zero-order valence-electron chi connectivity index (χ0n) is 15.8. The number of hydrogen-bond donors (Lipinski definition) is 2. The Kier molecular flexibility index (Phi) is 8.70. The zero-order chi connectivity index (χ0) is 17.3. The highest BCUT2D eigenvalue weighted by Gasteiger charge is 2.32. The van der Waals surface area contributed by atoms with Crippen LogP contribution >= 0.6 is 11.8 Å². The number of nitrogens with one attached hydrogen (secondary N) is 2. The second kappa shape index (κ2) is 10.5. The molecule has 0 saturated carbocycles. The van der Waals surface area contributed by atoms with Gasteiger partial charge in [-0.2, -0.15) is 11.8 Å². The monoisotopic (exact) mass is 356 g/mol. The molecule has 24 heavy (non-hydrogen) atoms. The maximum absolute atomic E-state index is 5.53. The molecule has 2 rings (SSSR count). The average molecular weight is 357 g/mol. The van der Waals surface area contributed by atoms with Crippen LogP contribution < -0.4 is 10.6 Å². The summed E-state index contributed by atoms with van der Waals surface area (Å²) >= 11 is 1.97. The van der Waals surface area contributed by atoms with Gasteiger partial charge in [0.1, 0.15) is 0 Å². The molecule has 0 radical (unpaired) electrons. The SMILES string of the molecule is CCCCN1CCC(NC(=NC)NCC2(SC)CCOCC2)CC1. The Morgan fingerprint density at radius 2 is 2.00 bits per heavy atom. The van der Waals surface area contributed by atoms with E-state index in [2.05, 4.69) is 33.7 Å². The summed E-state index contributed by atoms with van der Waals surface area (Å²) < 4.78 is 5.82. The van der Waals surface area contributed by atoms with Gasteiger partial charge in [0.25, 0.3) is 0 Å². The summed E-state index contributed by atoms with van der Waals surface area (Å²) in [5.74, 6) is 0.960. The van der Waals surface area contributed by atoms with Crippen molar-refractivity contribution in [3.8, 4) is 0 Å². The number of guanidine groups is 1. The van der Waals surface area contributed by atoms with Gasteiger partial charge in [-0.25, -0.2) is 0 Å². The van der Waals surface area contributed by atoms with Crippen molar-refractivity contribution in [1.82, 2.24) is 15.5 Å². The number of ether oxygens (including phenoxy) is 1. The second-order valence-electron chi connectivity index (χ2n) is 7.04. The first-order valence-corrected chi connectivity index (χ1v) is 10.8. The first kappa shape index (κ1) is 19.9. The number of nitrogens with zero attached hydrogens (tertiary/aromatic N) is 2. The van der Waals surface area contributed by atoms with Gasteiger partial charge >= 0.3 is 0 Å². The number of piperidine rings is 1. The summed E-state index contributed by atoms with van der Waals surface area (Å²) in [7, 11) is 1.88. The number of rotatable bonds is 7. The molecule has 0 aromatic heterocycles. The fraction of sp³-hybridized carbons (Fsp3) is 0.944. The van der Waals surface area contributed by atoms with E-state index in [-0.39, 0.29) is 0 Å². The molecule has 0 aliphatic carbocycles. The molecule has 0 aromatic rings. The molecule has 2 aliphatic heterocycles. The molecule has 140 valence electrons. The summed E-state index contributed by atoms with van der Waals surface area (Å²) in [5.41, 5.74) is 0. The minimum absolute atomic E-state index is 0.291. The van der Waals surface area contributed by atoms with Crippen LogP contribution in [0, 0.1) is 0 Å². The van der Waals surface area contributed by atoms with Gasteiger partial charge in [0.2, 0.25) is 0 Å². The summed E-state index contributed by atoms with van der Waals surface area (Å²) in [5, 5.41) is 7.21. The number of hydrogen-bond acceptors (Lipinski definition) is 4. The van der Waals surface area contributed by atoms with E-state index in [4.69, 9.17) is 4.74 Å². The first-order chi connectivity index (χ1) is 11.7. The molecule has 2 saturated heterocycles. The van der Waals surface area contributed by atoms with Crippen molar-refractivity contribution in [3.63, 3.8) is 0 Å². The molecule has 0 bridgehead atoms. The maximum atomic E-state index is 5.53. The van der Waals surface area contributed by atoms with Crippen LogP contribution in [0.15, 0.2) is 4.99 Å². The van der Waals surface area contributed by atoms with Crippen molar-refractivity contribution in [2.24, 2.45) is 4.99 Å². The molecule has 0 spiro atoms. The minimum atomic E-state index is 0.291. The molecule has 0 atom stereocenters. The molecule has 6 heteroatoms. The van der Waals surface area contributed by atoms with Gasteiger partial charge < -0.3 is 20.3 Å². The quantitative estimate of drug-likeness (QED) is 0.542. The van der Waals surface area contributed by atoms with Gasteiger partial charge in [0.05, 0.1) is 0 Å². The van der Waals surface area contributed by atoms with E-state index in [1.165, 1.54) is 45.3 Å². The van der Waals surface area contributed by atoms with Crippen LogP contribution in [-0.2, 0) is 4.74 Å². The van der Waals surface area contributed by atoms with Crippen LogP contribution in [0.3, 0.4) is 0 Å². The van der Waals surface area contributed by atoms with Crippen molar-refractivity contribution >= 4 is 17.7 Å².